The molecule has 2 aromatic carbocycles. The predicted octanol–water partition coefficient (Wildman–Crippen LogP) is 4.09. The van der Waals surface area contributed by atoms with Crippen molar-refractivity contribution in [3.63, 3.8) is 0 Å². The number of hydrogen-bond donors (Lipinski definition) is 0. The van der Waals surface area contributed by atoms with Gasteiger partial charge in [-0.2, -0.15) is 0 Å². The molecule has 5 heteroatoms. The highest BCUT2D eigenvalue weighted by atomic mass is 16.7. The van der Waals surface area contributed by atoms with E-state index in [1.807, 2.05) is 32.9 Å². The Morgan fingerprint density at radius 2 is 1.22 bits per heavy atom. The molecule has 5 nitrogen and oxygen atoms in total. The number of carbonyl (C=O) groups is 2. The van der Waals surface area contributed by atoms with Gasteiger partial charge >= 0.3 is 11.9 Å². The summed E-state index contributed by atoms with van der Waals surface area (Å²) in [6.45, 7) is 5.95. The van der Waals surface area contributed by atoms with Crippen molar-refractivity contribution in [1.82, 2.24) is 0 Å². The Kier molecular flexibility index (Phi) is 5.91. The van der Waals surface area contributed by atoms with Crippen LogP contribution in [-0.2, 0) is 14.2 Å². The zero-order valence-electron chi connectivity index (χ0n) is 15.7. The SMILES string of the molecule is C[C@@H]1[C@H](C)[C@H](C)OC(OC(=O)c2ccccc2)[C@H]1OC(=O)c1ccccc1. The van der Waals surface area contributed by atoms with E-state index in [0.29, 0.717) is 11.1 Å². The first kappa shape index (κ1) is 19.1. The summed E-state index contributed by atoms with van der Waals surface area (Å²) in [6, 6.07) is 17.4. The van der Waals surface area contributed by atoms with E-state index in [2.05, 4.69) is 0 Å². The molecule has 0 aromatic heterocycles. The Balaban J connectivity index is 1.78. The molecule has 0 aliphatic carbocycles. The summed E-state index contributed by atoms with van der Waals surface area (Å²) in [4.78, 5) is 25.0. The highest BCUT2D eigenvalue weighted by Gasteiger charge is 2.44. The number of rotatable bonds is 4. The van der Waals surface area contributed by atoms with E-state index in [-0.39, 0.29) is 17.9 Å². The monoisotopic (exact) mass is 368 g/mol. The lowest BCUT2D eigenvalue weighted by Gasteiger charge is -2.42. The molecule has 0 saturated carbocycles. The van der Waals surface area contributed by atoms with Crippen molar-refractivity contribution in [3.8, 4) is 0 Å². The third kappa shape index (κ3) is 4.37. The van der Waals surface area contributed by atoms with E-state index in [1.54, 1.807) is 48.5 Å². The molecule has 1 unspecified atom stereocenters. The van der Waals surface area contributed by atoms with E-state index >= 15 is 0 Å². The summed E-state index contributed by atoms with van der Waals surface area (Å²) in [5, 5.41) is 0. The molecule has 0 amide bonds. The van der Waals surface area contributed by atoms with Gasteiger partial charge in [-0.05, 0) is 37.1 Å². The molecule has 0 N–H and O–H groups in total. The minimum absolute atomic E-state index is 0.0324. The lowest BCUT2D eigenvalue weighted by molar-refractivity contribution is -0.244. The van der Waals surface area contributed by atoms with Gasteiger partial charge in [0.2, 0.25) is 6.29 Å². The van der Waals surface area contributed by atoms with Crippen LogP contribution in [-0.4, -0.2) is 30.4 Å². The quantitative estimate of drug-likeness (QED) is 0.761. The predicted molar refractivity (Wildman–Crippen MR) is 100 cm³/mol. The summed E-state index contributed by atoms with van der Waals surface area (Å²) >= 11 is 0. The molecule has 142 valence electrons. The Morgan fingerprint density at radius 3 is 1.74 bits per heavy atom. The summed E-state index contributed by atoms with van der Waals surface area (Å²) in [6.07, 6.45) is -1.76. The van der Waals surface area contributed by atoms with Crippen LogP contribution in [0.3, 0.4) is 0 Å². The van der Waals surface area contributed by atoms with Gasteiger partial charge in [0, 0.05) is 5.92 Å². The fourth-order valence-corrected chi connectivity index (χ4v) is 3.16. The zero-order valence-corrected chi connectivity index (χ0v) is 15.7. The molecule has 1 fully saturated rings. The van der Waals surface area contributed by atoms with Gasteiger partial charge < -0.3 is 14.2 Å². The molecule has 1 heterocycles. The van der Waals surface area contributed by atoms with Gasteiger partial charge in [0.15, 0.2) is 6.10 Å². The van der Waals surface area contributed by atoms with Crippen LogP contribution >= 0.6 is 0 Å². The van der Waals surface area contributed by atoms with Crippen LogP contribution < -0.4 is 0 Å². The maximum absolute atomic E-state index is 12.5. The maximum Gasteiger partial charge on any atom is 0.340 e. The van der Waals surface area contributed by atoms with Gasteiger partial charge in [-0.3, -0.25) is 0 Å². The van der Waals surface area contributed by atoms with Crippen LogP contribution in [0.15, 0.2) is 60.7 Å². The highest BCUT2D eigenvalue weighted by molar-refractivity contribution is 5.90. The van der Waals surface area contributed by atoms with Gasteiger partial charge in [-0.25, -0.2) is 9.59 Å². The molecule has 0 spiro atoms. The van der Waals surface area contributed by atoms with Crippen molar-refractivity contribution in [2.75, 3.05) is 0 Å². The molecular formula is C22H24O5. The lowest BCUT2D eigenvalue weighted by atomic mass is 9.84. The largest absolute Gasteiger partial charge is 0.452 e. The third-order valence-electron chi connectivity index (χ3n) is 5.19. The number of hydrogen-bond acceptors (Lipinski definition) is 5. The second kappa shape index (κ2) is 8.35. The number of ether oxygens (including phenoxy) is 3. The average Bonchev–Trinajstić information content (AvgIpc) is 2.70. The molecule has 5 atom stereocenters. The normalized spacial score (nSPS) is 27.6. The second-order valence-electron chi connectivity index (χ2n) is 6.94. The molecule has 1 saturated heterocycles. The standard InChI is InChI=1S/C22H24O5/c1-14-15(2)19(26-20(23)17-10-6-4-7-11-17)22(25-16(14)3)27-21(24)18-12-8-5-9-13-18/h4-16,19,22H,1-3H3/t14-,15+,16-,19-,22?/m0/s1. The Labute approximate surface area is 159 Å². The number of benzene rings is 2. The fraction of sp³-hybridized carbons (Fsp3) is 0.364. The first-order valence-corrected chi connectivity index (χ1v) is 9.15. The zero-order chi connectivity index (χ0) is 19.4. The van der Waals surface area contributed by atoms with Gasteiger partial charge in [0.05, 0.1) is 17.2 Å². The van der Waals surface area contributed by atoms with Crippen LogP contribution in [0.2, 0.25) is 0 Å². The minimum atomic E-state index is -0.952. The smallest absolute Gasteiger partial charge is 0.340 e. The number of esters is 2. The molecule has 0 bridgehead atoms. The summed E-state index contributed by atoms with van der Waals surface area (Å²) in [7, 11) is 0. The Morgan fingerprint density at radius 1 is 0.741 bits per heavy atom. The first-order chi connectivity index (χ1) is 13.0. The average molecular weight is 368 g/mol. The van der Waals surface area contributed by atoms with Gasteiger partial charge in [0.25, 0.3) is 0 Å². The Hall–Kier alpha value is -2.66. The molecular weight excluding hydrogens is 344 g/mol. The van der Waals surface area contributed by atoms with Crippen LogP contribution in [0, 0.1) is 11.8 Å². The van der Waals surface area contributed by atoms with Crippen LogP contribution in [0.4, 0.5) is 0 Å². The van der Waals surface area contributed by atoms with Crippen molar-refractivity contribution in [2.24, 2.45) is 11.8 Å². The van der Waals surface area contributed by atoms with Gasteiger partial charge in [0.1, 0.15) is 0 Å². The van der Waals surface area contributed by atoms with Crippen LogP contribution in [0.5, 0.6) is 0 Å². The molecule has 1 aliphatic rings. The highest BCUT2D eigenvalue weighted by Crippen LogP contribution is 2.34. The number of carbonyl (C=O) groups excluding carboxylic acids is 2. The lowest BCUT2D eigenvalue weighted by Crippen LogP contribution is -2.51. The van der Waals surface area contributed by atoms with E-state index in [4.69, 9.17) is 14.2 Å². The third-order valence-corrected chi connectivity index (χ3v) is 5.19. The second-order valence-corrected chi connectivity index (χ2v) is 6.94. The van der Waals surface area contributed by atoms with E-state index < -0.39 is 24.3 Å². The van der Waals surface area contributed by atoms with E-state index in [0.717, 1.165) is 0 Å². The first-order valence-electron chi connectivity index (χ1n) is 9.15. The maximum atomic E-state index is 12.5. The summed E-state index contributed by atoms with van der Waals surface area (Å²) in [5.74, 6) is -0.853. The van der Waals surface area contributed by atoms with Gasteiger partial charge in [-0.1, -0.05) is 50.2 Å². The molecule has 27 heavy (non-hydrogen) atoms. The van der Waals surface area contributed by atoms with Crippen molar-refractivity contribution < 1.29 is 23.8 Å². The van der Waals surface area contributed by atoms with Gasteiger partial charge in [-0.15, -0.1) is 0 Å². The molecule has 3 rings (SSSR count). The topological polar surface area (TPSA) is 61.8 Å². The van der Waals surface area contributed by atoms with E-state index in [1.165, 1.54) is 0 Å². The minimum Gasteiger partial charge on any atom is -0.452 e. The fourth-order valence-electron chi connectivity index (χ4n) is 3.16. The van der Waals surface area contributed by atoms with Crippen molar-refractivity contribution in [2.45, 2.75) is 39.3 Å². The van der Waals surface area contributed by atoms with Crippen molar-refractivity contribution >= 4 is 11.9 Å². The van der Waals surface area contributed by atoms with Crippen molar-refractivity contribution in [1.29, 1.82) is 0 Å². The van der Waals surface area contributed by atoms with Crippen LogP contribution in [0.1, 0.15) is 41.5 Å². The molecule has 1 aliphatic heterocycles. The molecule has 2 aromatic rings. The van der Waals surface area contributed by atoms with Crippen molar-refractivity contribution in [3.05, 3.63) is 71.8 Å². The summed E-state index contributed by atoms with van der Waals surface area (Å²) in [5.41, 5.74) is 0.872. The Bertz CT molecular complexity index is 774. The molecule has 0 radical (unpaired) electrons. The van der Waals surface area contributed by atoms with Crippen LogP contribution in [0.25, 0.3) is 0 Å². The van der Waals surface area contributed by atoms with E-state index in [9.17, 15) is 9.59 Å². The summed E-state index contributed by atoms with van der Waals surface area (Å²) < 4.78 is 17.2.